The lowest BCUT2D eigenvalue weighted by atomic mass is 10.0. The molecule has 2 unspecified atom stereocenters. The van der Waals surface area contributed by atoms with Gasteiger partial charge in [-0.15, -0.1) is 0 Å². The van der Waals surface area contributed by atoms with E-state index in [1.165, 1.54) is 0 Å². The molecule has 4 nitrogen and oxygen atoms in total. The fourth-order valence-corrected chi connectivity index (χ4v) is 1.90. The van der Waals surface area contributed by atoms with Gasteiger partial charge in [-0.05, 0) is 20.5 Å². The average Bonchev–Trinajstić information content (AvgIpc) is 2.25. The molecule has 4 heteroatoms. The molecule has 1 N–H and O–H groups in total. The van der Waals surface area contributed by atoms with Crippen molar-refractivity contribution < 1.29 is 9.47 Å². The molecule has 2 atom stereocenters. The van der Waals surface area contributed by atoms with Crippen LogP contribution in [0.15, 0.2) is 0 Å². The molecule has 1 heterocycles. The summed E-state index contributed by atoms with van der Waals surface area (Å²) in [5, 5.41) is 3.35. The van der Waals surface area contributed by atoms with Gasteiger partial charge in [0.25, 0.3) is 0 Å². The van der Waals surface area contributed by atoms with Crippen molar-refractivity contribution in [2.45, 2.75) is 18.5 Å². The first-order chi connectivity index (χ1) is 6.79. The van der Waals surface area contributed by atoms with Crippen molar-refractivity contribution in [2.75, 3.05) is 47.6 Å². The van der Waals surface area contributed by atoms with E-state index in [9.17, 15) is 0 Å². The lowest BCUT2D eigenvalue weighted by Gasteiger charge is -2.37. The third-order valence-electron chi connectivity index (χ3n) is 2.91. The Hall–Kier alpha value is -0.160. The second kappa shape index (κ2) is 6.35. The molecule has 0 aliphatic carbocycles. The van der Waals surface area contributed by atoms with Crippen LogP contribution in [0.1, 0.15) is 6.42 Å². The normalized spacial score (nSPS) is 28.3. The monoisotopic (exact) mass is 202 g/mol. The zero-order valence-corrected chi connectivity index (χ0v) is 9.45. The summed E-state index contributed by atoms with van der Waals surface area (Å²) in [7, 11) is 5.89. The zero-order valence-electron chi connectivity index (χ0n) is 9.45. The summed E-state index contributed by atoms with van der Waals surface area (Å²) < 4.78 is 10.6. The van der Waals surface area contributed by atoms with Crippen molar-refractivity contribution in [3.05, 3.63) is 0 Å². The van der Waals surface area contributed by atoms with Crippen LogP contribution < -0.4 is 5.32 Å². The minimum atomic E-state index is 0.476. The molecule has 1 aliphatic heterocycles. The zero-order chi connectivity index (χ0) is 10.4. The van der Waals surface area contributed by atoms with E-state index in [1.807, 2.05) is 7.05 Å². The molecule has 0 amide bonds. The highest BCUT2D eigenvalue weighted by Crippen LogP contribution is 2.12. The minimum absolute atomic E-state index is 0.476. The van der Waals surface area contributed by atoms with Crippen molar-refractivity contribution >= 4 is 0 Å². The second-order valence-corrected chi connectivity index (χ2v) is 3.80. The summed E-state index contributed by atoms with van der Waals surface area (Å²) in [6, 6.07) is 1.02. The summed E-state index contributed by atoms with van der Waals surface area (Å²) in [6.07, 6.45) is 1.10. The summed E-state index contributed by atoms with van der Waals surface area (Å²) >= 11 is 0. The molecule has 0 aromatic heterocycles. The first-order valence-electron chi connectivity index (χ1n) is 5.23. The fraction of sp³-hybridized carbons (Fsp3) is 1.00. The first-order valence-corrected chi connectivity index (χ1v) is 5.23. The van der Waals surface area contributed by atoms with Gasteiger partial charge in [0.05, 0.1) is 13.2 Å². The highest BCUT2D eigenvalue weighted by molar-refractivity contribution is 4.85. The smallest absolute Gasteiger partial charge is 0.0636 e. The third kappa shape index (κ3) is 3.20. The maximum absolute atomic E-state index is 5.49. The molecule has 84 valence electrons. The highest BCUT2D eigenvalue weighted by Gasteiger charge is 2.27. The van der Waals surface area contributed by atoms with E-state index in [0.29, 0.717) is 12.1 Å². The molecule has 0 saturated carbocycles. The Morgan fingerprint density at radius 3 is 3.00 bits per heavy atom. The number of methoxy groups -OCH3 is 1. The number of hydrogen-bond acceptors (Lipinski definition) is 4. The van der Waals surface area contributed by atoms with Gasteiger partial charge in [0, 0.05) is 32.3 Å². The van der Waals surface area contributed by atoms with Gasteiger partial charge >= 0.3 is 0 Å². The number of hydrogen-bond donors (Lipinski definition) is 1. The van der Waals surface area contributed by atoms with E-state index in [2.05, 4.69) is 17.3 Å². The summed E-state index contributed by atoms with van der Waals surface area (Å²) in [5.74, 6) is 0. The quantitative estimate of drug-likeness (QED) is 0.677. The van der Waals surface area contributed by atoms with E-state index in [0.717, 1.165) is 32.8 Å². The van der Waals surface area contributed by atoms with Crippen LogP contribution in [0.5, 0.6) is 0 Å². The van der Waals surface area contributed by atoms with E-state index >= 15 is 0 Å². The van der Waals surface area contributed by atoms with Crippen LogP contribution in [0.2, 0.25) is 0 Å². The molecule has 1 aliphatic rings. The molecule has 0 radical (unpaired) electrons. The number of likely N-dealkylation sites (N-methyl/N-ethyl adjacent to an activating group) is 2. The molecule has 1 rings (SSSR count). The predicted molar refractivity (Wildman–Crippen MR) is 56.6 cm³/mol. The molecule has 0 aromatic rings. The number of nitrogens with zero attached hydrogens (tertiary/aromatic N) is 1. The molecular formula is C10H22N2O2. The van der Waals surface area contributed by atoms with Gasteiger partial charge in [0.2, 0.25) is 0 Å². The van der Waals surface area contributed by atoms with E-state index in [4.69, 9.17) is 9.47 Å². The molecular weight excluding hydrogens is 180 g/mol. The Labute approximate surface area is 86.6 Å². The van der Waals surface area contributed by atoms with Gasteiger partial charge in [0.15, 0.2) is 0 Å². The summed E-state index contributed by atoms with van der Waals surface area (Å²) in [6.45, 7) is 3.44. The van der Waals surface area contributed by atoms with Gasteiger partial charge in [0.1, 0.15) is 0 Å². The standard InChI is InChI=1S/C10H22N2O2/c1-11-9-4-6-14-8-10(9)12(2)5-7-13-3/h9-11H,4-8H2,1-3H3. The van der Waals surface area contributed by atoms with Crippen LogP contribution in [-0.4, -0.2) is 64.6 Å². The van der Waals surface area contributed by atoms with Crippen molar-refractivity contribution in [1.82, 2.24) is 10.2 Å². The molecule has 0 aromatic carbocycles. The van der Waals surface area contributed by atoms with Crippen LogP contribution in [0.25, 0.3) is 0 Å². The Morgan fingerprint density at radius 1 is 1.57 bits per heavy atom. The predicted octanol–water partition coefficient (Wildman–Crippen LogP) is -0.0585. The van der Waals surface area contributed by atoms with Gasteiger partial charge in [-0.25, -0.2) is 0 Å². The topological polar surface area (TPSA) is 33.7 Å². The Kier molecular flexibility index (Phi) is 5.40. The summed E-state index contributed by atoms with van der Waals surface area (Å²) in [5.41, 5.74) is 0. The molecule has 0 bridgehead atoms. The van der Waals surface area contributed by atoms with E-state index < -0.39 is 0 Å². The van der Waals surface area contributed by atoms with Crippen molar-refractivity contribution in [3.63, 3.8) is 0 Å². The fourth-order valence-electron chi connectivity index (χ4n) is 1.90. The Bertz CT molecular complexity index is 155. The molecule has 1 saturated heterocycles. The van der Waals surface area contributed by atoms with Gasteiger partial charge in [-0.2, -0.15) is 0 Å². The average molecular weight is 202 g/mol. The van der Waals surface area contributed by atoms with E-state index in [1.54, 1.807) is 7.11 Å². The maximum Gasteiger partial charge on any atom is 0.0636 e. The molecule has 1 fully saturated rings. The van der Waals surface area contributed by atoms with Crippen LogP contribution in [-0.2, 0) is 9.47 Å². The Balaban J connectivity index is 2.37. The maximum atomic E-state index is 5.49. The van der Waals surface area contributed by atoms with Crippen molar-refractivity contribution in [2.24, 2.45) is 0 Å². The van der Waals surface area contributed by atoms with Crippen molar-refractivity contribution in [3.8, 4) is 0 Å². The van der Waals surface area contributed by atoms with Gasteiger partial charge in [-0.1, -0.05) is 0 Å². The summed E-state index contributed by atoms with van der Waals surface area (Å²) in [4.78, 5) is 2.31. The lowest BCUT2D eigenvalue weighted by molar-refractivity contribution is 0.00114. The molecule has 14 heavy (non-hydrogen) atoms. The highest BCUT2D eigenvalue weighted by atomic mass is 16.5. The van der Waals surface area contributed by atoms with Gasteiger partial charge < -0.3 is 14.8 Å². The van der Waals surface area contributed by atoms with Crippen LogP contribution in [0.3, 0.4) is 0 Å². The minimum Gasteiger partial charge on any atom is -0.383 e. The largest absolute Gasteiger partial charge is 0.383 e. The third-order valence-corrected chi connectivity index (χ3v) is 2.91. The van der Waals surface area contributed by atoms with E-state index in [-0.39, 0.29) is 0 Å². The van der Waals surface area contributed by atoms with Crippen LogP contribution in [0, 0.1) is 0 Å². The number of nitrogens with one attached hydrogen (secondary N) is 1. The van der Waals surface area contributed by atoms with Crippen LogP contribution in [0.4, 0.5) is 0 Å². The first kappa shape index (κ1) is 11.9. The van der Waals surface area contributed by atoms with Crippen LogP contribution >= 0.6 is 0 Å². The Morgan fingerprint density at radius 2 is 2.36 bits per heavy atom. The SMILES string of the molecule is CNC1CCOCC1N(C)CCOC. The second-order valence-electron chi connectivity index (χ2n) is 3.80. The number of ether oxygens (including phenoxy) is 2. The van der Waals surface area contributed by atoms with Crippen molar-refractivity contribution in [1.29, 1.82) is 0 Å². The number of rotatable bonds is 5. The lowest BCUT2D eigenvalue weighted by Crippen LogP contribution is -2.53. The van der Waals surface area contributed by atoms with Gasteiger partial charge in [-0.3, -0.25) is 4.90 Å². The molecule has 0 spiro atoms.